The maximum Gasteiger partial charge on any atom is 0.191 e. The summed E-state index contributed by atoms with van der Waals surface area (Å²) >= 11 is 0. The number of aliphatic imine (C=N–C) groups is 1. The van der Waals surface area contributed by atoms with Crippen molar-refractivity contribution in [2.24, 2.45) is 10.9 Å². The fourth-order valence-corrected chi connectivity index (χ4v) is 2.57. The lowest BCUT2D eigenvalue weighted by molar-refractivity contribution is 0.223. The van der Waals surface area contributed by atoms with Gasteiger partial charge in [0.1, 0.15) is 5.76 Å². The fourth-order valence-electron chi connectivity index (χ4n) is 2.57. The molecule has 0 aromatic carbocycles. The van der Waals surface area contributed by atoms with Gasteiger partial charge in [-0.2, -0.15) is 0 Å². The van der Waals surface area contributed by atoms with E-state index in [0.29, 0.717) is 0 Å². The molecule has 1 aliphatic heterocycles. The van der Waals surface area contributed by atoms with Crippen LogP contribution in [-0.2, 0) is 6.42 Å². The van der Waals surface area contributed by atoms with E-state index in [-0.39, 0.29) is 24.0 Å². The molecule has 0 unspecified atom stereocenters. The van der Waals surface area contributed by atoms with E-state index in [0.717, 1.165) is 43.7 Å². The summed E-state index contributed by atoms with van der Waals surface area (Å²) in [4.78, 5) is 7.12. The van der Waals surface area contributed by atoms with Crippen LogP contribution in [0, 0.1) is 5.92 Å². The molecule has 0 aliphatic carbocycles. The molecule has 1 aromatic rings. The summed E-state index contributed by atoms with van der Waals surface area (Å²) in [6.45, 7) is 7.14. The Morgan fingerprint density at radius 2 is 2.14 bits per heavy atom. The maximum absolute atomic E-state index is 5.34. The van der Waals surface area contributed by atoms with Crippen molar-refractivity contribution in [2.45, 2.75) is 26.2 Å². The quantitative estimate of drug-likeness (QED) is 0.422. The lowest BCUT2D eigenvalue weighted by atomic mass is 9.97. The normalized spacial score (nSPS) is 17.1. The Bertz CT molecular complexity index is 414. The lowest BCUT2D eigenvalue weighted by Crippen LogP contribution is -2.39. The summed E-state index contributed by atoms with van der Waals surface area (Å²) in [5.41, 5.74) is 0. The van der Waals surface area contributed by atoms with Crippen molar-refractivity contribution in [1.29, 1.82) is 0 Å². The molecule has 2 N–H and O–H groups in total. The fraction of sp³-hybridized carbons (Fsp3) is 0.688. The van der Waals surface area contributed by atoms with Crippen molar-refractivity contribution in [1.82, 2.24) is 15.5 Å². The average molecular weight is 420 g/mol. The highest BCUT2D eigenvalue weighted by Crippen LogP contribution is 2.15. The monoisotopic (exact) mass is 420 g/mol. The van der Waals surface area contributed by atoms with E-state index < -0.39 is 0 Å². The molecule has 1 aliphatic rings. The first-order valence-electron chi connectivity index (χ1n) is 8.01. The highest BCUT2D eigenvalue weighted by atomic mass is 127. The lowest BCUT2D eigenvalue weighted by Gasteiger charge is -2.28. The van der Waals surface area contributed by atoms with Gasteiger partial charge in [0.25, 0.3) is 0 Å². The molecule has 0 bridgehead atoms. The van der Waals surface area contributed by atoms with E-state index in [2.05, 4.69) is 29.5 Å². The first kappa shape index (κ1) is 19.3. The standard InChI is InChI=1S/C16H28N4O.HI/c1-3-17-16(18-9-6-15-5-4-12-21-15)19-13-14-7-10-20(2)11-8-14;/h4-5,12,14H,3,6-11,13H2,1-2H3,(H2,17,18,19);1H. The van der Waals surface area contributed by atoms with Crippen LogP contribution in [-0.4, -0.2) is 50.6 Å². The highest BCUT2D eigenvalue weighted by Gasteiger charge is 2.16. The third-order valence-electron chi connectivity index (χ3n) is 3.93. The van der Waals surface area contributed by atoms with Gasteiger partial charge in [-0.15, -0.1) is 24.0 Å². The second kappa shape index (κ2) is 10.9. The van der Waals surface area contributed by atoms with E-state index in [1.807, 2.05) is 12.1 Å². The van der Waals surface area contributed by atoms with E-state index in [1.54, 1.807) is 6.26 Å². The Kier molecular flexibility index (Phi) is 9.54. The number of furan rings is 1. The van der Waals surface area contributed by atoms with Gasteiger partial charge in [0.05, 0.1) is 6.26 Å². The third-order valence-corrected chi connectivity index (χ3v) is 3.93. The van der Waals surface area contributed by atoms with E-state index in [9.17, 15) is 0 Å². The van der Waals surface area contributed by atoms with Gasteiger partial charge in [-0.1, -0.05) is 0 Å². The van der Waals surface area contributed by atoms with Crippen LogP contribution in [0.2, 0.25) is 0 Å². The van der Waals surface area contributed by atoms with E-state index in [1.165, 1.54) is 25.9 Å². The SMILES string of the molecule is CCNC(=NCC1CCN(C)CC1)NCCc1ccco1.I. The minimum Gasteiger partial charge on any atom is -0.469 e. The van der Waals surface area contributed by atoms with Crippen molar-refractivity contribution in [3.63, 3.8) is 0 Å². The first-order valence-corrected chi connectivity index (χ1v) is 8.01. The molecule has 126 valence electrons. The number of piperidine rings is 1. The molecule has 2 heterocycles. The summed E-state index contributed by atoms with van der Waals surface area (Å²) in [7, 11) is 2.19. The minimum absolute atomic E-state index is 0. The second-order valence-corrected chi connectivity index (χ2v) is 5.72. The predicted octanol–water partition coefficient (Wildman–Crippen LogP) is 2.34. The van der Waals surface area contributed by atoms with Crippen LogP contribution in [0.5, 0.6) is 0 Å². The Morgan fingerprint density at radius 1 is 1.36 bits per heavy atom. The Labute approximate surface area is 150 Å². The molecule has 1 aromatic heterocycles. The van der Waals surface area contributed by atoms with Crippen LogP contribution in [0.25, 0.3) is 0 Å². The van der Waals surface area contributed by atoms with Gasteiger partial charge in [0.2, 0.25) is 0 Å². The molecule has 1 saturated heterocycles. The molecular formula is C16H29IN4O. The highest BCUT2D eigenvalue weighted by molar-refractivity contribution is 14.0. The molecule has 1 fully saturated rings. The zero-order valence-corrected chi connectivity index (χ0v) is 16.0. The van der Waals surface area contributed by atoms with Crippen molar-refractivity contribution >= 4 is 29.9 Å². The summed E-state index contributed by atoms with van der Waals surface area (Å²) in [5, 5.41) is 6.68. The number of guanidine groups is 1. The number of likely N-dealkylation sites (tertiary alicyclic amines) is 1. The number of nitrogens with zero attached hydrogens (tertiary/aromatic N) is 2. The molecule has 0 saturated carbocycles. The van der Waals surface area contributed by atoms with Crippen LogP contribution >= 0.6 is 24.0 Å². The Balaban J connectivity index is 0.00000242. The van der Waals surface area contributed by atoms with Gasteiger partial charge in [-0.25, -0.2) is 0 Å². The van der Waals surface area contributed by atoms with E-state index >= 15 is 0 Å². The Hall–Kier alpha value is -0.760. The molecule has 5 nitrogen and oxygen atoms in total. The number of halogens is 1. The smallest absolute Gasteiger partial charge is 0.191 e. The molecule has 6 heteroatoms. The molecular weight excluding hydrogens is 391 g/mol. The van der Waals surface area contributed by atoms with Crippen molar-refractivity contribution in [3.8, 4) is 0 Å². The number of rotatable bonds is 6. The Morgan fingerprint density at radius 3 is 2.77 bits per heavy atom. The topological polar surface area (TPSA) is 52.8 Å². The van der Waals surface area contributed by atoms with E-state index in [4.69, 9.17) is 9.41 Å². The van der Waals surface area contributed by atoms with Crippen LogP contribution in [0.3, 0.4) is 0 Å². The molecule has 0 atom stereocenters. The van der Waals surface area contributed by atoms with Crippen LogP contribution in [0.1, 0.15) is 25.5 Å². The van der Waals surface area contributed by atoms with Crippen molar-refractivity contribution in [3.05, 3.63) is 24.2 Å². The largest absolute Gasteiger partial charge is 0.469 e. The van der Waals surface area contributed by atoms with Gasteiger partial charge in [-0.05, 0) is 58.0 Å². The van der Waals surface area contributed by atoms with Crippen molar-refractivity contribution < 1.29 is 4.42 Å². The molecule has 0 spiro atoms. The predicted molar refractivity (Wildman–Crippen MR) is 102 cm³/mol. The summed E-state index contributed by atoms with van der Waals surface area (Å²) in [5.74, 6) is 2.65. The maximum atomic E-state index is 5.34. The number of hydrogen-bond donors (Lipinski definition) is 2. The van der Waals surface area contributed by atoms with Crippen LogP contribution in [0.15, 0.2) is 27.8 Å². The van der Waals surface area contributed by atoms with Gasteiger partial charge in [0, 0.05) is 26.1 Å². The van der Waals surface area contributed by atoms with Gasteiger partial charge >= 0.3 is 0 Å². The summed E-state index contributed by atoms with van der Waals surface area (Å²) < 4.78 is 5.34. The first-order chi connectivity index (χ1) is 10.3. The third kappa shape index (κ3) is 7.00. The number of nitrogens with one attached hydrogen (secondary N) is 2. The molecule has 2 rings (SSSR count). The van der Waals surface area contributed by atoms with Gasteiger partial charge < -0.3 is 20.0 Å². The second-order valence-electron chi connectivity index (χ2n) is 5.72. The minimum atomic E-state index is 0. The zero-order valence-electron chi connectivity index (χ0n) is 13.7. The molecule has 22 heavy (non-hydrogen) atoms. The van der Waals surface area contributed by atoms with Gasteiger partial charge in [0.15, 0.2) is 5.96 Å². The molecule has 0 radical (unpaired) electrons. The molecule has 0 amide bonds. The summed E-state index contributed by atoms with van der Waals surface area (Å²) in [6.07, 6.45) is 5.11. The van der Waals surface area contributed by atoms with Crippen LogP contribution < -0.4 is 10.6 Å². The average Bonchev–Trinajstić information content (AvgIpc) is 3.00. The van der Waals surface area contributed by atoms with Crippen LogP contribution in [0.4, 0.5) is 0 Å². The zero-order chi connectivity index (χ0) is 14.9. The summed E-state index contributed by atoms with van der Waals surface area (Å²) in [6, 6.07) is 3.93. The van der Waals surface area contributed by atoms with Crippen molar-refractivity contribution in [2.75, 3.05) is 39.8 Å². The number of hydrogen-bond acceptors (Lipinski definition) is 3. The van der Waals surface area contributed by atoms with Gasteiger partial charge in [-0.3, -0.25) is 4.99 Å².